The SMILES string of the molecule is COCCCNC(=O)CN1CCN(CC(=O)NN2C(=O)NC(C)(CCc3ccccc3)C2=O)CC1. The molecule has 2 saturated heterocycles. The van der Waals surface area contributed by atoms with Gasteiger partial charge in [-0.05, 0) is 31.7 Å². The van der Waals surface area contributed by atoms with Crippen molar-refractivity contribution >= 4 is 23.8 Å². The predicted octanol–water partition coefficient (Wildman–Crippen LogP) is -0.269. The molecule has 0 spiro atoms. The van der Waals surface area contributed by atoms with E-state index in [4.69, 9.17) is 4.74 Å². The lowest BCUT2D eigenvalue weighted by Gasteiger charge is -2.34. The molecule has 1 atom stereocenters. The van der Waals surface area contributed by atoms with Crippen LogP contribution < -0.4 is 16.1 Å². The lowest BCUT2D eigenvalue weighted by molar-refractivity contribution is -0.139. The molecule has 3 N–H and O–H groups in total. The van der Waals surface area contributed by atoms with Crippen molar-refractivity contribution < 1.29 is 23.9 Å². The molecule has 1 unspecified atom stereocenters. The van der Waals surface area contributed by atoms with E-state index in [1.54, 1.807) is 14.0 Å². The van der Waals surface area contributed by atoms with Gasteiger partial charge in [0.2, 0.25) is 5.91 Å². The first-order valence-corrected chi connectivity index (χ1v) is 12.0. The molecule has 5 amide bonds. The number of benzene rings is 1. The van der Waals surface area contributed by atoms with Crippen molar-refractivity contribution in [2.75, 3.05) is 59.5 Å². The van der Waals surface area contributed by atoms with Crippen molar-refractivity contribution in [3.05, 3.63) is 35.9 Å². The van der Waals surface area contributed by atoms with Crippen molar-refractivity contribution in [1.29, 1.82) is 0 Å². The molecule has 35 heavy (non-hydrogen) atoms. The summed E-state index contributed by atoms with van der Waals surface area (Å²) < 4.78 is 4.96. The van der Waals surface area contributed by atoms with Gasteiger partial charge in [-0.2, -0.15) is 5.01 Å². The number of carbonyl (C=O) groups excluding carboxylic acids is 4. The smallest absolute Gasteiger partial charge is 0.344 e. The summed E-state index contributed by atoms with van der Waals surface area (Å²) >= 11 is 0. The summed E-state index contributed by atoms with van der Waals surface area (Å²) in [5.74, 6) is -0.917. The summed E-state index contributed by atoms with van der Waals surface area (Å²) in [7, 11) is 1.63. The minimum atomic E-state index is -1.07. The molecule has 192 valence electrons. The third-order valence-electron chi connectivity index (χ3n) is 6.30. The standard InChI is InChI=1S/C24H36N6O5/c1-24(10-9-19-7-4-3-5-8-19)22(33)30(23(34)26-24)27-21(32)18-29-14-12-28(13-15-29)17-20(31)25-11-6-16-35-2/h3-5,7-8H,6,9-18H2,1-2H3,(H,25,31)(H,26,34)(H,27,32). The number of urea groups is 1. The third-order valence-corrected chi connectivity index (χ3v) is 6.30. The number of aryl methyl sites for hydroxylation is 1. The number of rotatable bonds is 12. The zero-order valence-corrected chi connectivity index (χ0v) is 20.5. The Kier molecular flexibility index (Phi) is 9.58. The van der Waals surface area contributed by atoms with Crippen molar-refractivity contribution in [2.24, 2.45) is 0 Å². The Morgan fingerprint density at radius 1 is 1.03 bits per heavy atom. The van der Waals surface area contributed by atoms with Crippen LogP contribution in [0.5, 0.6) is 0 Å². The van der Waals surface area contributed by atoms with E-state index < -0.39 is 23.4 Å². The largest absolute Gasteiger partial charge is 0.385 e. The topological polar surface area (TPSA) is 123 Å². The number of imide groups is 1. The molecule has 0 bridgehead atoms. The fourth-order valence-corrected chi connectivity index (χ4v) is 4.17. The number of piperazine rings is 1. The first-order valence-electron chi connectivity index (χ1n) is 12.0. The second kappa shape index (κ2) is 12.6. The van der Waals surface area contributed by atoms with Crippen molar-refractivity contribution in [1.82, 2.24) is 30.9 Å². The van der Waals surface area contributed by atoms with Crippen LogP contribution in [0.1, 0.15) is 25.3 Å². The monoisotopic (exact) mass is 488 g/mol. The van der Waals surface area contributed by atoms with Crippen LogP contribution in [0.15, 0.2) is 30.3 Å². The fraction of sp³-hybridized carbons (Fsp3) is 0.583. The molecule has 3 rings (SSSR count). The molecule has 1 aromatic carbocycles. The maximum absolute atomic E-state index is 12.9. The Labute approximate surface area is 206 Å². The minimum absolute atomic E-state index is 0.0267. The average molecular weight is 489 g/mol. The summed E-state index contributed by atoms with van der Waals surface area (Å²) in [4.78, 5) is 53.9. The number of hydrazine groups is 1. The Morgan fingerprint density at radius 2 is 1.66 bits per heavy atom. The number of amides is 5. The normalized spacial score (nSPS) is 21.1. The van der Waals surface area contributed by atoms with Gasteiger partial charge in [0.15, 0.2) is 0 Å². The number of methoxy groups -OCH3 is 1. The van der Waals surface area contributed by atoms with E-state index in [9.17, 15) is 19.2 Å². The molecule has 11 nitrogen and oxygen atoms in total. The highest BCUT2D eigenvalue weighted by Crippen LogP contribution is 2.22. The molecule has 2 aliphatic rings. The summed E-state index contributed by atoms with van der Waals surface area (Å²) in [5, 5.41) is 6.37. The summed E-state index contributed by atoms with van der Waals surface area (Å²) in [5.41, 5.74) is 2.46. The maximum Gasteiger partial charge on any atom is 0.344 e. The van der Waals surface area contributed by atoms with Crippen LogP contribution in [0.2, 0.25) is 0 Å². The van der Waals surface area contributed by atoms with Gasteiger partial charge >= 0.3 is 6.03 Å². The number of nitrogens with one attached hydrogen (secondary N) is 3. The predicted molar refractivity (Wildman–Crippen MR) is 129 cm³/mol. The molecule has 1 aromatic rings. The quantitative estimate of drug-likeness (QED) is 0.273. The molecule has 0 saturated carbocycles. The minimum Gasteiger partial charge on any atom is -0.385 e. The summed E-state index contributed by atoms with van der Waals surface area (Å²) in [6, 6.07) is 9.10. The van der Waals surface area contributed by atoms with Gasteiger partial charge in [-0.3, -0.25) is 29.6 Å². The van der Waals surface area contributed by atoms with Crippen molar-refractivity contribution in [3.63, 3.8) is 0 Å². The average Bonchev–Trinajstić information content (AvgIpc) is 3.05. The van der Waals surface area contributed by atoms with Gasteiger partial charge in [0.1, 0.15) is 5.54 Å². The lowest BCUT2D eigenvalue weighted by atomic mass is 9.93. The molecule has 0 aromatic heterocycles. The highest BCUT2D eigenvalue weighted by atomic mass is 16.5. The maximum atomic E-state index is 12.9. The zero-order valence-electron chi connectivity index (χ0n) is 20.5. The first kappa shape index (κ1) is 26.6. The van der Waals surface area contributed by atoms with E-state index in [1.165, 1.54) is 0 Å². The van der Waals surface area contributed by atoms with Crippen molar-refractivity contribution in [2.45, 2.75) is 31.7 Å². The summed E-state index contributed by atoms with van der Waals surface area (Å²) in [6.45, 7) is 5.78. The van der Waals surface area contributed by atoms with Gasteiger partial charge in [-0.15, -0.1) is 0 Å². The van der Waals surface area contributed by atoms with Gasteiger partial charge in [0, 0.05) is 46.4 Å². The van der Waals surface area contributed by atoms with Gasteiger partial charge in [0.25, 0.3) is 11.8 Å². The van der Waals surface area contributed by atoms with E-state index in [2.05, 4.69) is 16.1 Å². The Morgan fingerprint density at radius 3 is 2.29 bits per heavy atom. The fourth-order valence-electron chi connectivity index (χ4n) is 4.17. The van der Waals surface area contributed by atoms with E-state index in [0.29, 0.717) is 58.7 Å². The van der Waals surface area contributed by atoms with E-state index >= 15 is 0 Å². The van der Waals surface area contributed by atoms with Gasteiger partial charge in [0.05, 0.1) is 13.1 Å². The molecular weight excluding hydrogens is 452 g/mol. The van der Waals surface area contributed by atoms with Crippen LogP contribution in [0.4, 0.5) is 4.79 Å². The number of ether oxygens (including phenoxy) is 1. The van der Waals surface area contributed by atoms with E-state index in [0.717, 1.165) is 17.0 Å². The second-order valence-corrected chi connectivity index (χ2v) is 9.17. The molecule has 0 aliphatic carbocycles. The van der Waals surface area contributed by atoms with Crippen molar-refractivity contribution in [3.8, 4) is 0 Å². The van der Waals surface area contributed by atoms with Gasteiger partial charge in [-0.1, -0.05) is 30.3 Å². The molecular formula is C24H36N6O5. The highest BCUT2D eigenvalue weighted by Gasteiger charge is 2.48. The second-order valence-electron chi connectivity index (χ2n) is 9.17. The van der Waals surface area contributed by atoms with Crippen LogP contribution in [0.25, 0.3) is 0 Å². The highest BCUT2D eigenvalue weighted by molar-refractivity contribution is 6.07. The number of hydrogen-bond acceptors (Lipinski definition) is 7. The Bertz CT molecular complexity index is 890. The summed E-state index contributed by atoms with van der Waals surface area (Å²) in [6.07, 6.45) is 1.82. The van der Waals surface area contributed by atoms with Crippen LogP contribution >= 0.6 is 0 Å². The van der Waals surface area contributed by atoms with Crippen LogP contribution in [0, 0.1) is 0 Å². The van der Waals surface area contributed by atoms with Crippen LogP contribution in [0.3, 0.4) is 0 Å². The van der Waals surface area contributed by atoms with Gasteiger partial charge in [-0.25, -0.2) is 4.79 Å². The molecule has 2 fully saturated rings. The number of hydrogen-bond donors (Lipinski definition) is 3. The molecule has 11 heteroatoms. The van der Waals surface area contributed by atoms with Crippen LogP contribution in [-0.4, -0.2) is 104 Å². The number of carbonyl (C=O) groups is 4. The van der Waals surface area contributed by atoms with E-state index in [-0.39, 0.29) is 12.5 Å². The molecule has 2 aliphatic heterocycles. The first-order chi connectivity index (χ1) is 16.8. The third kappa shape index (κ3) is 7.74. The lowest BCUT2D eigenvalue weighted by Crippen LogP contribution is -2.54. The van der Waals surface area contributed by atoms with Crippen LogP contribution in [-0.2, 0) is 25.5 Å². The zero-order chi connectivity index (χ0) is 25.3. The Balaban J connectivity index is 1.39. The number of nitrogens with zero attached hydrogens (tertiary/aromatic N) is 3. The molecule has 0 radical (unpaired) electrons. The molecule has 2 heterocycles. The van der Waals surface area contributed by atoms with Gasteiger partial charge < -0.3 is 15.4 Å². The Hall–Kier alpha value is -3.02. The van der Waals surface area contributed by atoms with E-state index in [1.807, 2.05) is 40.1 Å².